The van der Waals surface area contributed by atoms with Crippen LogP contribution in [0.25, 0.3) is 80.0 Å². The lowest BCUT2D eigenvalue weighted by atomic mass is 9.94. The zero-order chi connectivity index (χ0) is 32.8. The van der Waals surface area contributed by atoms with Gasteiger partial charge in [0.1, 0.15) is 0 Å². The van der Waals surface area contributed by atoms with E-state index in [1.807, 2.05) is 11.3 Å². The molecule has 3 nitrogen and oxygen atoms in total. The predicted octanol–water partition coefficient (Wildman–Crippen LogP) is 13.1. The van der Waals surface area contributed by atoms with Crippen molar-refractivity contribution in [2.45, 2.75) is 6.04 Å². The minimum Gasteiger partial charge on any atom is -0.381 e. The zero-order valence-corrected chi connectivity index (χ0v) is 27.7. The van der Waals surface area contributed by atoms with Crippen LogP contribution in [0.5, 0.6) is 0 Å². The normalized spacial score (nSPS) is 14.5. The van der Waals surface area contributed by atoms with Crippen molar-refractivity contribution in [1.29, 1.82) is 0 Å². The van der Waals surface area contributed by atoms with Gasteiger partial charge in [0, 0.05) is 48.3 Å². The van der Waals surface area contributed by atoms with E-state index in [0.29, 0.717) is 5.96 Å². The molecular weight excluding hydrogens is 627 g/mol. The molecule has 0 radical (unpaired) electrons. The Morgan fingerprint density at radius 1 is 0.480 bits per heavy atom. The van der Waals surface area contributed by atoms with Gasteiger partial charge in [-0.05, 0) is 61.2 Å². The molecule has 0 spiro atoms. The fourth-order valence-electron chi connectivity index (χ4n) is 8.15. The average Bonchev–Trinajstić information content (AvgIpc) is 3.75. The second-order valence-corrected chi connectivity index (χ2v) is 14.1. The lowest BCUT2D eigenvalue weighted by Crippen LogP contribution is -2.18. The second-order valence-electron chi connectivity index (χ2n) is 13.1. The lowest BCUT2D eigenvalue weighted by Gasteiger charge is -2.35. The summed E-state index contributed by atoms with van der Waals surface area (Å²) in [5.41, 5.74) is 7.85. The Kier molecular flexibility index (Phi) is 5.89. The topological polar surface area (TPSA) is 31.4 Å². The number of para-hydroxylation sites is 2. The number of aliphatic imine (C=N–C) groups is 1. The number of benzene rings is 8. The Labute approximate surface area is 292 Å². The van der Waals surface area contributed by atoms with Gasteiger partial charge in [-0.2, -0.15) is 0 Å². The van der Waals surface area contributed by atoms with Crippen molar-refractivity contribution in [3.05, 3.63) is 180 Å². The Morgan fingerprint density at radius 2 is 1.16 bits per heavy atom. The molecule has 0 fully saturated rings. The Balaban J connectivity index is 1.18. The van der Waals surface area contributed by atoms with E-state index < -0.39 is 0 Å². The summed E-state index contributed by atoms with van der Waals surface area (Å²) in [5.74, 6) is 0.707. The van der Waals surface area contributed by atoms with Gasteiger partial charge in [0.15, 0.2) is 0 Å². The van der Waals surface area contributed by atoms with E-state index in [4.69, 9.17) is 10.3 Å². The lowest BCUT2D eigenvalue weighted by molar-refractivity contribution is 0.964. The first-order valence-corrected chi connectivity index (χ1v) is 17.9. The number of hydrogen-bond donors (Lipinski definition) is 0. The summed E-state index contributed by atoms with van der Waals surface area (Å²) in [4.78, 5) is 5.28. The second kappa shape index (κ2) is 10.6. The van der Waals surface area contributed by atoms with Gasteiger partial charge >= 0.3 is 0 Å². The van der Waals surface area contributed by atoms with Crippen LogP contribution in [0.3, 0.4) is 0 Å². The number of fused-ring (bicyclic) bond motifs is 13. The molecule has 0 bridgehead atoms. The molecule has 1 aliphatic heterocycles. The quantitative estimate of drug-likeness (QED) is 0.166. The maximum atomic E-state index is 5.49. The molecule has 1 atom stereocenters. The third kappa shape index (κ3) is 3.94. The largest absolute Gasteiger partial charge is 0.381 e. The van der Waals surface area contributed by atoms with Crippen LogP contribution in [0, 0.1) is 0 Å². The van der Waals surface area contributed by atoms with Crippen molar-refractivity contribution in [3.8, 4) is 11.1 Å². The first-order valence-electron chi connectivity index (χ1n) is 17.0. The molecule has 4 heteroatoms. The van der Waals surface area contributed by atoms with Crippen molar-refractivity contribution in [3.63, 3.8) is 0 Å². The zero-order valence-electron chi connectivity index (χ0n) is 26.9. The Hall–Kier alpha value is -6.23. The predicted molar refractivity (Wildman–Crippen MR) is 213 cm³/mol. The molecule has 0 N–H and O–H groups in total. The van der Waals surface area contributed by atoms with E-state index in [1.54, 1.807) is 0 Å². The standard InChI is InChI=1S/C46H28N3S/c1-2-12-28(13-3-1)29-22-24-30(25-23-29)44-34-16-6-9-19-37(34)47-46(48-44)49-38-20-10-7-17-35(38)41-39(49)27-26-32-31-14-4-5-15-33(31)45-43(42(32)41)36-18-8-11-21-40(36)50-45/h1-27,44H/q-1. The van der Waals surface area contributed by atoms with Crippen LogP contribution in [-0.4, -0.2) is 10.5 Å². The Bertz CT molecular complexity index is 3000. The van der Waals surface area contributed by atoms with E-state index in [1.165, 1.54) is 63.6 Å². The maximum Gasteiger partial charge on any atom is 0.0440 e. The van der Waals surface area contributed by atoms with Gasteiger partial charge in [-0.25, -0.2) is 0 Å². The molecular formula is C46H28N3S-. The fraction of sp³-hybridized carbons (Fsp3) is 0.0217. The highest BCUT2D eigenvalue weighted by molar-refractivity contribution is 7.27. The number of thiophene rings is 1. The molecule has 3 heterocycles. The molecule has 0 amide bonds. The summed E-state index contributed by atoms with van der Waals surface area (Å²) in [6, 6.07) is 58.7. The van der Waals surface area contributed by atoms with Gasteiger partial charge in [0.05, 0.1) is 0 Å². The summed E-state index contributed by atoms with van der Waals surface area (Å²) in [7, 11) is 0. The van der Waals surface area contributed by atoms with Crippen molar-refractivity contribution in [2.24, 2.45) is 4.99 Å². The molecule has 1 aliphatic rings. The number of aromatic nitrogens is 1. The van der Waals surface area contributed by atoms with Crippen LogP contribution >= 0.6 is 11.3 Å². The SMILES string of the molecule is c1ccc(-c2ccc(C3[N-]C(n4c5ccccc5c5c6c(ccc54)c4ccccc4c4sc5ccccc5c46)=Nc4ccccc43)cc2)cc1. The molecule has 8 aromatic carbocycles. The van der Waals surface area contributed by atoms with Gasteiger partial charge < -0.3 is 14.9 Å². The smallest absolute Gasteiger partial charge is 0.0440 e. The van der Waals surface area contributed by atoms with E-state index >= 15 is 0 Å². The van der Waals surface area contributed by atoms with Crippen molar-refractivity contribution < 1.29 is 0 Å². The van der Waals surface area contributed by atoms with Crippen molar-refractivity contribution >= 4 is 86.5 Å². The molecule has 0 saturated heterocycles. The summed E-state index contributed by atoms with van der Waals surface area (Å²) in [6.07, 6.45) is 0. The first-order chi connectivity index (χ1) is 24.8. The van der Waals surface area contributed by atoms with Crippen LogP contribution < -0.4 is 0 Å². The Morgan fingerprint density at radius 3 is 2.02 bits per heavy atom. The van der Waals surface area contributed by atoms with Crippen molar-refractivity contribution in [2.75, 3.05) is 0 Å². The highest BCUT2D eigenvalue weighted by atomic mass is 32.1. The van der Waals surface area contributed by atoms with E-state index in [9.17, 15) is 0 Å². The maximum absolute atomic E-state index is 5.49. The summed E-state index contributed by atoms with van der Waals surface area (Å²) in [5, 5.41) is 15.7. The molecule has 1 unspecified atom stereocenters. The highest BCUT2D eigenvalue weighted by Gasteiger charge is 2.23. The summed E-state index contributed by atoms with van der Waals surface area (Å²) < 4.78 is 4.94. The summed E-state index contributed by atoms with van der Waals surface area (Å²) in [6.45, 7) is 0. The number of nitrogens with zero attached hydrogens (tertiary/aromatic N) is 3. The van der Waals surface area contributed by atoms with Crippen molar-refractivity contribution in [1.82, 2.24) is 4.57 Å². The molecule has 50 heavy (non-hydrogen) atoms. The van der Waals surface area contributed by atoms with Gasteiger partial charge in [0.25, 0.3) is 0 Å². The molecule has 2 aromatic heterocycles. The monoisotopic (exact) mass is 654 g/mol. The van der Waals surface area contributed by atoms with Gasteiger partial charge in [0.2, 0.25) is 0 Å². The number of rotatable bonds is 2. The van der Waals surface area contributed by atoms with Gasteiger partial charge in [-0.1, -0.05) is 158 Å². The van der Waals surface area contributed by atoms with Crippen LogP contribution in [0.2, 0.25) is 0 Å². The summed E-state index contributed by atoms with van der Waals surface area (Å²) >= 11 is 1.90. The molecule has 234 valence electrons. The minimum atomic E-state index is -0.184. The van der Waals surface area contributed by atoms with Crippen LogP contribution in [0.1, 0.15) is 17.2 Å². The molecule has 0 aliphatic carbocycles. The molecule has 11 rings (SSSR count). The first kappa shape index (κ1) is 27.7. The minimum absolute atomic E-state index is 0.184. The van der Waals surface area contributed by atoms with Crippen LogP contribution in [0.15, 0.2) is 169 Å². The van der Waals surface area contributed by atoms with E-state index in [-0.39, 0.29) is 6.04 Å². The third-order valence-electron chi connectivity index (χ3n) is 10.4. The molecule has 0 saturated carbocycles. The third-order valence-corrected chi connectivity index (χ3v) is 11.6. The van der Waals surface area contributed by atoms with Crippen LogP contribution in [0.4, 0.5) is 5.69 Å². The fourth-order valence-corrected chi connectivity index (χ4v) is 9.40. The van der Waals surface area contributed by atoms with Gasteiger partial charge in [-0.15, -0.1) is 11.3 Å². The van der Waals surface area contributed by atoms with Crippen LogP contribution in [-0.2, 0) is 0 Å². The average molecular weight is 655 g/mol. The highest BCUT2D eigenvalue weighted by Crippen LogP contribution is 2.49. The van der Waals surface area contributed by atoms with Gasteiger partial charge in [-0.3, -0.25) is 0 Å². The van der Waals surface area contributed by atoms with E-state index in [0.717, 1.165) is 27.8 Å². The molecule has 10 aromatic rings. The van der Waals surface area contributed by atoms with E-state index in [2.05, 4.69) is 168 Å². The number of hydrogen-bond acceptors (Lipinski definition) is 2.